The van der Waals surface area contributed by atoms with Gasteiger partial charge in [-0.1, -0.05) is 15.9 Å². The number of nitrogens with one attached hydrogen (secondary N) is 1. The smallest absolute Gasteiger partial charge is 0.255 e. The lowest BCUT2D eigenvalue weighted by Gasteiger charge is -2.05. The minimum Gasteiger partial charge on any atom is -0.366 e. The molecule has 2 aromatic rings. The zero-order valence-corrected chi connectivity index (χ0v) is 11.5. The minimum atomic E-state index is -0.514. The van der Waals surface area contributed by atoms with E-state index >= 15 is 0 Å². The quantitative estimate of drug-likeness (QED) is 0.913. The summed E-state index contributed by atoms with van der Waals surface area (Å²) in [6, 6.07) is 13.4. The van der Waals surface area contributed by atoms with Crippen molar-refractivity contribution in [1.82, 2.24) is 0 Å². The molecule has 0 aliphatic heterocycles. The predicted octanol–water partition coefficient (Wildman–Crippen LogP) is 2.80. The molecule has 0 heterocycles. The summed E-state index contributed by atoms with van der Waals surface area (Å²) in [5.74, 6) is -0.752. The van der Waals surface area contributed by atoms with E-state index in [1.807, 2.05) is 12.1 Å². The van der Waals surface area contributed by atoms with Crippen molar-refractivity contribution in [2.75, 3.05) is 5.32 Å². The van der Waals surface area contributed by atoms with Crippen LogP contribution in [-0.4, -0.2) is 11.8 Å². The summed E-state index contributed by atoms with van der Waals surface area (Å²) < 4.78 is 0.941. The third kappa shape index (κ3) is 3.42. The summed E-state index contributed by atoms with van der Waals surface area (Å²) in [7, 11) is 0. The maximum Gasteiger partial charge on any atom is 0.255 e. The number of rotatable bonds is 3. The molecule has 2 amide bonds. The topological polar surface area (TPSA) is 72.2 Å². The molecule has 0 aliphatic carbocycles. The number of hydrogen-bond acceptors (Lipinski definition) is 2. The Kier molecular flexibility index (Phi) is 3.97. The molecule has 0 unspecified atom stereocenters. The van der Waals surface area contributed by atoms with E-state index in [-0.39, 0.29) is 5.91 Å². The summed E-state index contributed by atoms with van der Waals surface area (Å²) in [5.41, 5.74) is 6.68. The van der Waals surface area contributed by atoms with E-state index in [9.17, 15) is 9.59 Å². The molecule has 3 N–H and O–H groups in total. The Labute approximate surface area is 118 Å². The average molecular weight is 319 g/mol. The molecule has 96 valence electrons. The van der Waals surface area contributed by atoms with Gasteiger partial charge in [-0.2, -0.15) is 0 Å². The summed E-state index contributed by atoms with van der Waals surface area (Å²) in [4.78, 5) is 22.9. The van der Waals surface area contributed by atoms with Crippen LogP contribution in [0, 0.1) is 0 Å². The van der Waals surface area contributed by atoms with Crippen LogP contribution in [0.25, 0.3) is 0 Å². The first-order chi connectivity index (χ1) is 9.06. The van der Waals surface area contributed by atoms with Crippen LogP contribution in [-0.2, 0) is 0 Å². The second kappa shape index (κ2) is 5.67. The van der Waals surface area contributed by atoms with Crippen LogP contribution < -0.4 is 11.1 Å². The monoisotopic (exact) mass is 318 g/mol. The third-order valence-corrected chi connectivity index (χ3v) is 3.06. The zero-order valence-electron chi connectivity index (χ0n) is 9.89. The molecule has 0 saturated carbocycles. The van der Waals surface area contributed by atoms with E-state index < -0.39 is 5.91 Å². The summed E-state index contributed by atoms with van der Waals surface area (Å²) in [6.07, 6.45) is 0. The molecule has 4 nitrogen and oxygen atoms in total. The molecule has 2 aromatic carbocycles. The second-order valence-corrected chi connectivity index (χ2v) is 4.82. The fourth-order valence-electron chi connectivity index (χ4n) is 1.52. The Hall–Kier alpha value is -2.14. The van der Waals surface area contributed by atoms with Crippen molar-refractivity contribution in [1.29, 1.82) is 0 Å². The molecule has 2 rings (SSSR count). The van der Waals surface area contributed by atoms with Crippen molar-refractivity contribution < 1.29 is 9.59 Å². The molecule has 0 saturated heterocycles. The van der Waals surface area contributed by atoms with Gasteiger partial charge in [0.05, 0.1) is 0 Å². The molecule has 0 bridgehead atoms. The van der Waals surface area contributed by atoms with Gasteiger partial charge in [0.1, 0.15) is 0 Å². The van der Waals surface area contributed by atoms with Gasteiger partial charge in [0.25, 0.3) is 5.91 Å². The normalized spacial score (nSPS) is 9.95. The van der Waals surface area contributed by atoms with Crippen LogP contribution in [0.1, 0.15) is 20.7 Å². The summed E-state index contributed by atoms with van der Waals surface area (Å²) in [6.45, 7) is 0. The first-order valence-corrected chi connectivity index (χ1v) is 6.32. The van der Waals surface area contributed by atoms with Gasteiger partial charge in [-0.3, -0.25) is 9.59 Å². The lowest BCUT2D eigenvalue weighted by Crippen LogP contribution is -2.14. The van der Waals surface area contributed by atoms with Gasteiger partial charge < -0.3 is 11.1 Å². The minimum absolute atomic E-state index is 0.238. The SMILES string of the molecule is NC(=O)c1ccc(C(=O)Nc2ccc(Br)cc2)cc1. The fraction of sp³-hybridized carbons (Fsp3) is 0. The highest BCUT2D eigenvalue weighted by atomic mass is 79.9. The Morgan fingerprint density at radius 3 is 1.95 bits per heavy atom. The number of primary amides is 1. The standard InChI is InChI=1S/C14H11BrN2O2/c15-11-5-7-12(8-6-11)17-14(19)10-3-1-9(2-4-10)13(16)18/h1-8H,(H2,16,18)(H,17,19). The number of benzene rings is 2. The number of hydrogen-bond donors (Lipinski definition) is 2. The first kappa shape index (κ1) is 13.3. The van der Waals surface area contributed by atoms with E-state index in [2.05, 4.69) is 21.2 Å². The molecule has 5 heteroatoms. The zero-order chi connectivity index (χ0) is 13.8. The van der Waals surface area contributed by atoms with Gasteiger partial charge in [-0.05, 0) is 48.5 Å². The van der Waals surface area contributed by atoms with Crippen molar-refractivity contribution in [2.24, 2.45) is 5.73 Å². The van der Waals surface area contributed by atoms with Gasteiger partial charge in [-0.15, -0.1) is 0 Å². The summed E-state index contributed by atoms with van der Waals surface area (Å²) in [5, 5.41) is 2.76. The third-order valence-electron chi connectivity index (χ3n) is 2.53. The van der Waals surface area contributed by atoms with Crippen molar-refractivity contribution in [3.05, 3.63) is 64.1 Å². The number of carbonyl (C=O) groups excluding carboxylic acids is 2. The van der Waals surface area contributed by atoms with Gasteiger partial charge in [-0.25, -0.2) is 0 Å². The van der Waals surface area contributed by atoms with Crippen LogP contribution in [0.15, 0.2) is 53.0 Å². The van der Waals surface area contributed by atoms with Crippen molar-refractivity contribution in [3.8, 4) is 0 Å². The van der Waals surface area contributed by atoms with Crippen molar-refractivity contribution in [3.63, 3.8) is 0 Å². The number of carbonyl (C=O) groups is 2. The van der Waals surface area contributed by atoms with Gasteiger partial charge in [0.2, 0.25) is 5.91 Å². The molecular formula is C14H11BrN2O2. The second-order valence-electron chi connectivity index (χ2n) is 3.90. The van der Waals surface area contributed by atoms with Crippen LogP contribution in [0.2, 0.25) is 0 Å². The highest BCUT2D eigenvalue weighted by molar-refractivity contribution is 9.10. The summed E-state index contributed by atoms with van der Waals surface area (Å²) >= 11 is 3.32. The van der Waals surface area contributed by atoms with Gasteiger partial charge in [0, 0.05) is 21.3 Å². The average Bonchev–Trinajstić information content (AvgIpc) is 2.41. The van der Waals surface area contributed by atoms with E-state index in [0.717, 1.165) is 4.47 Å². The Morgan fingerprint density at radius 2 is 1.42 bits per heavy atom. The number of halogens is 1. The molecule has 19 heavy (non-hydrogen) atoms. The largest absolute Gasteiger partial charge is 0.366 e. The molecule has 0 spiro atoms. The molecule has 0 atom stereocenters. The van der Waals surface area contributed by atoms with Gasteiger partial charge in [0.15, 0.2) is 0 Å². The van der Waals surface area contributed by atoms with Crippen LogP contribution in [0.5, 0.6) is 0 Å². The Morgan fingerprint density at radius 1 is 0.895 bits per heavy atom. The van der Waals surface area contributed by atoms with Gasteiger partial charge >= 0.3 is 0 Å². The number of anilines is 1. The number of amides is 2. The molecule has 0 aliphatic rings. The van der Waals surface area contributed by atoms with Crippen molar-refractivity contribution >= 4 is 33.4 Å². The van der Waals surface area contributed by atoms with Crippen molar-refractivity contribution in [2.45, 2.75) is 0 Å². The van der Waals surface area contributed by atoms with E-state index in [4.69, 9.17) is 5.73 Å². The highest BCUT2D eigenvalue weighted by Crippen LogP contribution is 2.15. The van der Waals surface area contributed by atoms with Crippen LogP contribution in [0.3, 0.4) is 0 Å². The fourth-order valence-corrected chi connectivity index (χ4v) is 1.79. The van der Waals surface area contributed by atoms with E-state index in [0.29, 0.717) is 16.8 Å². The molecule has 0 fully saturated rings. The highest BCUT2D eigenvalue weighted by Gasteiger charge is 2.07. The first-order valence-electron chi connectivity index (χ1n) is 5.53. The maximum absolute atomic E-state index is 11.9. The lowest BCUT2D eigenvalue weighted by atomic mass is 10.1. The lowest BCUT2D eigenvalue weighted by molar-refractivity contribution is 0.0995. The van der Waals surface area contributed by atoms with E-state index in [1.165, 1.54) is 12.1 Å². The van der Waals surface area contributed by atoms with Crippen LogP contribution in [0.4, 0.5) is 5.69 Å². The Balaban J connectivity index is 2.11. The predicted molar refractivity (Wildman–Crippen MR) is 77.1 cm³/mol. The molecule has 0 radical (unpaired) electrons. The number of nitrogens with two attached hydrogens (primary N) is 1. The molecular weight excluding hydrogens is 308 g/mol. The maximum atomic E-state index is 11.9. The molecule has 0 aromatic heterocycles. The van der Waals surface area contributed by atoms with Crippen LogP contribution >= 0.6 is 15.9 Å². The Bertz CT molecular complexity index is 606. The van der Waals surface area contributed by atoms with E-state index in [1.54, 1.807) is 24.3 Å².